The highest BCUT2D eigenvalue weighted by Crippen LogP contribution is 2.26. The van der Waals surface area contributed by atoms with Crippen LogP contribution in [0.5, 0.6) is 5.75 Å². The molecule has 0 radical (unpaired) electrons. The number of carbonyl (C=O) groups excluding carboxylic acids is 1. The van der Waals surface area contributed by atoms with Crippen LogP contribution in [0.15, 0.2) is 42.5 Å². The third-order valence-corrected chi connectivity index (χ3v) is 3.63. The minimum Gasteiger partial charge on any atom is -0.497 e. The molecule has 2 aromatic rings. The van der Waals surface area contributed by atoms with Crippen molar-refractivity contribution in [2.45, 2.75) is 6.42 Å². The molecule has 19 heavy (non-hydrogen) atoms. The van der Waals surface area contributed by atoms with Gasteiger partial charge in [0.2, 0.25) is 0 Å². The molecule has 0 saturated carbocycles. The van der Waals surface area contributed by atoms with Gasteiger partial charge in [-0.2, -0.15) is 0 Å². The molecule has 98 valence electrons. The summed E-state index contributed by atoms with van der Waals surface area (Å²) in [4.78, 5) is 12.2. The molecular weight excluding hydrogens is 283 g/mol. The molecule has 2 nitrogen and oxygen atoms in total. The van der Waals surface area contributed by atoms with Gasteiger partial charge in [0.05, 0.1) is 17.2 Å². The van der Waals surface area contributed by atoms with Crippen molar-refractivity contribution in [3.8, 4) is 5.75 Å². The van der Waals surface area contributed by atoms with Gasteiger partial charge in [0.25, 0.3) is 0 Å². The van der Waals surface area contributed by atoms with E-state index in [2.05, 4.69) is 0 Å². The average Bonchev–Trinajstić information content (AvgIpc) is 2.44. The average molecular weight is 295 g/mol. The molecule has 0 aromatic heterocycles. The molecule has 0 aliphatic heterocycles. The van der Waals surface area contributed by atoms with E-state index in [1.54, 1.807) is 49.6 Å². The van der Waals surface area contributed by atoms with Crippen LogP contribution in [0, 0.1) is 0 Å². The van der Waals surface area contributed by atoms with Crippen molar-refractivity contribution in [3.63, 3.8) is 0 Å². The van der Waals surface area contributed by atoms with Crippen molar-refractivity contribution in [1.29, 1.82) is 0 Å². The Labute approximate surface area is 121 Å². The highest BCUT2D eigenvalue weighted by Gasteiger charge is 2.11. The summed E-state index contributed by atoms with van der Waals surface area (Å²) in [5, 5.41) is 0.887. The fraction of sp³-hybridized carbons (Fsp3) is 0.133. The highest BCUT2D eigenvalue weighted by molar-refractivity contribution is 6.42. The van der Waals surface area contributed by atoms with E-state index in [4.69, 9.17) is 27.9 Å². The third kappa shape index (κ3) is 3.28. The van der Waals surface area contributed by atoms with Crippen molar-refractivity contribution < 1.29 is 9.53 Å². The lowest BCUT2D eigenvalue weighted by atomic mass is 10.0. The number of benzene rings is 2. The van der Waals surface area contributed by atoms with E-state index in [0.29, 0.717) is 21.4 Å². The number of rotatable bonds is 4. The smallest absolute Gasteiger partial charge is 0.167 e. The number of halogens is 2. The monoisotopic (exact) mass is 294 g/mol. The summed E-state index contributed by atoms with van der Waals surface area (Å²) in [6, 6.07) is 12.3. The summed E-state index contributed by atoms with van der Waals surface area (Å²) in [7, 11) is 1.57. The summed E-state index contributed by atoms with van der Waals surface area (Å²) in [5.74, 6) is 0.631. The molecule has 0 spiro atoms. The Hall–Kier alpha value is -1.51. The number of ketones is 1. The molecule has 2 aromatic carbocycles. The molecule has 0 amide bonds. The number of methoxy groups -OCH3 is 1. The lowest BCUT2D eigenvalue weighted by Gasteiger charge is -2.06. The van der Waals surface area contributed by atoms with Gasteiger partial charge in [-0.15, -0.1) is 0 Å². The Morgan fingerprint density at radius 3 is 2.63 bits per heavy atom. The van der Waals surface area contributed by atoms with Crippen LogP contribution in [-0.4, -0.2) is 12.9 Å². The van der Waals surface area contributed by atoms with Gasteiger partial charge in [-0.3, -0.25) is 4.79 Å². The molecule has 0 aliphatic rings. The maximum absolute atomic E-state index is 12.2. The van der Waals surface area contributed by atoms with E-state index in [9.17, 15) is 4.79 Å². The fourth-order valence-electron chi connectivity index (χ4n) is 1.76. The van der Waals surface area contributed by atoms with E-state index in [1.807, 2.05) is 0 Å². The Morgan fingerprint density at radius 1 is 1.16 bits per heavy atom. The second-order valence-electron chi connectivity index (χ2n) is 4.04. The molecule has 0 saturated heterocycles. The molecule has 0 aliphatic carbocycles. The molecular formula is C15H12Cl2O2. The Morgan fingerprint density at radius 2 is 1.89 bits per heavy atom. The Balaban J connectivity index is 2.23. The van der Waals surface area contributed by atoms with Crippen LogP contribution in [-0.2, 0) is 6.42 Å². The van der Waals surface area contributed by atoms with Gasteiger partial charge in [-0.05, 0) is 23.8 Å². The van der Waals surface area contributed by atoms with Crippen LogP contribution in [0.3, 0.4) is 0 Å². The first kappa shape index (κ1) is 13.9. The van der Waals surface area contributed by atoms with Crippen molar-refractivity contribution in [1.82, 2.24) is 0 Å². The van der Waals surface area contributed by atoms with Crippen LogP contribution in [0.2, 0.25) is 10.0 Å². The topological polar surface area (TPSA) is 26.3 Å². The van der Waals surface area contributed by atoms with Gasteiger partial charge in [-0.1, -0.05) is 47.5 Å². The molecule has 0 N–H and O–H groups in total. The SMILES string of the molecule is COc1cccc(C(=O)Cc2cccc(Cl)c2Cl)c1. The molecule has 2 rings (SSSR count). The van der Waals surface area contributed by atoms with Crippen molar-refractivity contribution in [3.05, 3.63) is 63.6 Å². The normalized spacial score (nSPS) is 10.3. The van der Waals surface area contributed by atoms with Crippen LogP contribution in [0.1, 0.15) is 15.9 Å². The van der Waals surface area contributed by atoms with Crippen LogP contribution in [0.25, 0.3) is 0 Å². The van der Waals surface area contributed by atoms with Crippen LogP contribution < -0.4 is 4.74 Å². The first-order chi connectivity index (χ1) is 9.11. The summed E-state index contributed by atoms with van der Waals surface area (Å²) in [5.41, 5.74) is 1.32. The van der Waals surface area contributed by atoms with E-state index >= 15 is 0 Å². The van der Waals surface area contributed by atoms with Gasteiger partial charge in [0.1, 0.15) is 5.75 Å². The maximum atomic E-state index is 12.2. The summed E-state index contributed by atoms with van der Waals surface area (Å²) >= 11 is 12.0. The van der Waals surface area contributed by atoms with E-state index in [1.165, 1.54) is 0 Å². The zero-order valence-corrected chi connectivity index (χ0v) is 11.8. The maximum Gasteiger partial charge on any atom is 0.167 e. The Kier molecular flexibility index (Phi) is 4.46. The second kappa shape index (κ2) is 6.09. The molecule has 0 atom stereocenters. The predicted molar refractivity (Wildman–Crippen MR) is 77.5 cm³/mol. The molecule has 4 heteroatoms. The third-order valence-electron chi connectivity index (χ3n) is 2.77. The fourth-order valence-corrected chi connectivity index (χ4v) is 2.14. The first-order valence-corrected chi connectivity index (χ1v) is 6.47. The Bertz CT molecular complexity index is 609. The van der Waals surface area contributed by atoms with Gasteiger partial charge in [0.15, 0.2) is 5.78 Å². The second-order valence-corrected chi connectivity index (χ2v) is 4.83. The van der Waals surface area contributed by atoms with Crippen molar-refractivity contribution in [2.24, 2.45) is 0 Å². The number of ether oxygens (including phenoxy) is 1. The van der Waals surface area contributed by atoms with Gasteiger partial charge < -0.3 is 4.74 Å². The number of Topliss-reactive ketones (excluding diaryl/α,β-unsaturated/α-hetero) is 1. The standard InChI is InChI=1S/C15H12Cl2O2/c1-19-12-6-2-4-10(8-12)14(18)9-11-5-3-7-13(16)15(11)17/h2-8H,9H2,1H3. The number of hydrogen-bond donors (Lipinski definition) is 0. The van der Waals surface area contributed by atoms with E-state index in [0.717, 1.165) is 5.56 Å². The molecule has 0 fully saturated rings. The summed E-state index contributed by atoms with van der Waals surface area (Å²) < 4.78 is 5.10. The first-order valence-electron chi connectivity index (χ1n) is 5.72. The van der Waals surface area contributed by atoms with Gasteiger partial charge in [-0.25, -0.2) is 0 Å². The lowest BCUT2D eigenvalue weighted by molar-refractivity contribution is 0.0992. The summed E-state index contributed by atoms with van der Waals surface area (Å²) in [6.45, 7) is 0. The lowest BCUT2D eigenvalue weighted by Crippen LogP contribution is -2.04. The highest BCUT2D eigenvalue weighted by atomic mass is 35.5. The van der Waals surface area contributed by atoms with Crippen LogP contribution >= 0.6 is 23.2 Å². The number of carbonyl (C=O) groups is 1. The van der Waals surface area contributed by atoms with Gasteiger partial charge >= 0.3 is 0 Å². The van der Waals surface area contributed by atoms with Crippen molar-refractivity contribution in [2.75, 3.05) is 7.11 Å². The minimum atomic E-state index is -0.0249. The minimum absolute atomic E-state index is 0.0249. The molecule has 0 bridgehead atoms. The van der Waals surface area contributed by atoms with Gasteiger partial charge in [0, 0.05) is 12.0 Å². The van der Waals surface area contributed by atoms with Crippen molar-refractivity contribution >= 4 is 29.0 Å². The summed E-state index contributed by atoms with van der Waals surface area (Å²) in [6.07, 6.45) is 0.215. The van der Waals surface area contributed by atoms with Crippen LogP contribution in [0.4, 0.5) is 0 Å². The van der Waals surface area contributed by atoms with E-state index in [-0.39, 0.29) is 12.2 Å². The zero-order chi connectivity index (χ0) is 13.8. The zero-order valence-electron chi connectivity index (χ0n) is 10.3. The quantitative estimate of drug-likeness (QED) is 0.780. The number of hydrogen-bond acceptors (Lipinski definition) is 2. The molecule has 0 unspecified atom stereocenters. The largest absolute Gasteiger partial charge is 0.497 e. The van der Waals surface area contributed by atoms with E-state index < -0.39 is 0 Å². The predicted octanol–water partition coefficient (Wildman–Crippen LogP) is 4.43. The molecule has 0 heterocycles.